The lowest BCUT2D eigenvalue weighted by Crippen LogP contribution is -2.42. The normalized spacial score (nSPS) is 16.2. The topological polar surface area (TPSA) is 79.0 Å². The van der Waals surface area contributed by atoms with E-state index < -0.39 is 6.09 Å². The van der Waals surface area contributed by atoms with Crippen LogP contribution in [0.3, 0.4) is 0 Å². The Bertz CT molecular complexity index is 416. The highest BCUT2D eigenvalue weighted by molar-refractivity contribution is 5.86. The minimum absolute atomic E-state index is 0.444. The molecule has 0 spiro atoms. The number of benzene rings is 1. The second kappa shape index (κ2) is 6.40. The van der Waals surface area contributed by atoms with Gasteiger partial charge in [0.1, 0.15) is 0 Å². The predicted molar refractivity (Wildman–Crippen MR) is 73.5 cm³/mol. The third-order valence-corrected chi connectivity index (χ3v) is 3.18. The molecule has 0 saturated carbocycles. The van der Waals surface area contributed by atoms with Crippen molar-refractivity contribution in [1.82, 2.24) is 4.90 Å². The number of morpholine rings is 1. The second-order valence-electron chi connectivity index (χ2n) is 4.48. The summed E-state index contributed by atoms with van der Waals surface area (Å²) in [5, 5.41) is 9.28. The minimum atomic E-state index is -0.946. The van der Waals surface area contributed by atoms with Crippen molar-refractivity contribution in [3.05, 3.63) is 24.3 Å². The summed E-state index contributed by atoms with van der Waals surface area (Å²) in [4.78, 5) is 14.9. The molecule has 0 aliphatic carbocycles. The quantitative estimate of drug-likeness (QED) is 0.797. The van der Waals surface area contributed by atoms with Gasteiger partial charge >= 0.3 is 6.09 Å². The van der Waals surface area contributed by atoms with Crippen molar-refractivity contribution in [2.45, 2.75) is 0 Å². The van der Waals surface area contributed by atoms with Gasteiger partial charge in [-0.15, -0.1) is 0 Å². The van der Waals surface area contributed by atoms with Crippen LogP contribution in [-0.4, -0.2) is 55.5 Å². The fourth-order valence-electron chi connectivity index (χ4n) is 2.06. The Kier molecular flexibility index (Phi) is 4.59. The van der Waals surface area contributed by atoms with E-state index in [1.165, 1.54) is 4.90 Å². The van der Waals surface area contributed by atoms with Crippen molar-refractivity contribution < 1.29 is 14.6 Å². The average molecular weight is 265 g/mol. The van der Waals surface area contributed by atoms with Crippen molar-refractivity contribution >= 4 is 17.5 Å². The van der Waals surface area contributed by atoms with Gasteiger partial charge in [-0.3, -0.25) is 9.80 Å². The van der Waals surface area contributed by atoms with Gasteiger partial charge in [-0.05, 0) is 24.3 Å². The fourth-order valence-corrected chi connectivity index (χ4v) is 2.06. The van der Waals surface area contributed by atoms with E-state index >= 15 is 0 Å². The lowest BCUT2D eigenvalue weighted by atomic mass is 10.2. The largest absolute Gasteiger partial charge is 0.465 e. The molecule has 1 amide bonds. The molecule has 1 aromatic carbocycles. The van der Waals surface area contributed by atoms with Crippen LogP contribution < -0.4 is 10.6 Å². The molecule has 0 atom stereocenters. The van der Waals surface area contributed by atoms with Crippen molar-refractivity contribution in [2.24, 2.45) is 0 Å². The first-order valence-corrected chi connectivity index (χ1v) is 6.33. The van der Waals surface area contributed by atoms with Crippen LogP contribution in [0.5, 0.6) is 0 Å². The highest BCUT2D eigenvalue weighted by atomic mass is 16.5. The number of anilines is 2. The molecule has 1 fully saturated rings. The molecule has 1 saturated heterocycles. The standard InChI is InChI=1S/C13H19N3O3/c14-11-1-3-12(4-2-11)16(13(17)18)6-5-15-7-9-19-10-8-15/h1-4H,5-10,14H2,(H,17,18). The van der Waals surface area contributed by atoms with Gasteiger partial charge in [0.15, 0.2) is 0 Å². The maximum Gasteiger partial charge on any atom is 0.411 e. The molecule has 6 nitrogen and oxygen atoms in total. The molecule has 2 rings (SSSR count). The molecule has 0 aromatic heterocycles. The molecule has 1 aromatic rings. The zero-order chi connectivity index (χ0) is 13.7. The highest BCUT2D eigenvalue weighted by Gasteiger charge is 2.17. The van der Waals surface area contributed by atoms with Gasteiger partial charge in [0.25, 0.3) is 0 Å². The van der Waals surface area contributed by atoms with E-state index in [-0.39, 0.29) is 0 Å². The van der Waals surface area contributed by atoms with Crippen molar-refractivity contribution in [3.8, 4) is 0 Å². The SMILES string of the molecule is Nc1ccc(N(CCN2CCOCC2)C(=O)O)cc1. The predicted octanol–water partition coefficient (Wildman–Crippen LogP) is 1.09. The molecule has 104 valence electrons. The number of carbonyl (C=O) groups is 1. The second-order valence-corrected chi connectivity index (χ2v) is 4.48. The summed E-state index contributed by atoms with van der Waals surface area (Å²) in [6, 6.07) is 6.87. The molecular formula is C13H19N3O3. The number of amides is 1. The van der Waals surface area contributed by atoms with E-state index in [1.54, 1.807) is 24.3 Å². The van der Waals surface area contributed by atoms with Crippen LogP contribution >= 0.6 is 0 Å². The van der Waals surface area contributed by atoms with Gasteiger partial charge in [-0.2, -0.15) is 0 Å². The summed E-state index contributed by atoms with van der Waals surface area (Å²) in [6.07, 6.45) is -0.946. The number of hydrogen-bond acceptors (Lipinski definition) is 4. The smallest absolute Gasteiger partial charge is 0.411 e. The van der Waals surface area contributed by atoms with Crippen LogP contribution in [0, 0.1) is 0 Å². The Hall–Kier alpha value is -1.79. The summed E-state index contributed by atoms with van der Waals surface area (Å²) >= 11 is 0. The van der Waals surface area contributed by atoms with E-state index in [1.807, 2.05) is 0 Å². The number of nitrogens with zero attached hydrogens (tertiary/aromatic N) is 2. The van der Waals surface area contributed by atoms with E-state index in [2.05, 4.69) is 4.90 Å². The summed E-state index contributed by atoms with van der Waals surface area (Å²) < 4.78 is 5.27. The first kappa shape index (κ1) is 13.6. The maximum atomic E-state index is 11.3. The Morgan fingerprint density at radius 2 is 1.95 bits per heavy atom. The molecule has 6 heteroatoms. The van der Waals surface area contributed by atoms with E-state index in [0.29, 0.717) is 24.5 Å². The van der Waals surface area contributed by atoms with Gasteiger partial charge in [0.05, 0.1) is 13.2 Å². The number of nitrogens with two attached hydrogens (primary N) is 1. The van der Waals surface area contributed by atoms with E-state index in [9.17, 15) is 9.90 Å². The van der Waals surface area contributed by atoms with Gasteiger partial charge < -0.3 is 15.6 Å². The molecular weight excluding hydrogens is 246 g/mol. The van der Waals surface area contributed by atoms with Gasteiger partial charge in [0.2, 0.25) is 0 Å². The Morgan fingerprint density at radius 1 is 1.32 bits per heavy atom. The number of hydrogen-bond donors (Lipinski definition) is 2. The van der Waals surface area contributed by atoms with Gasteiger partial charge in [0, 0.05) is 37.6 Å². The molecule has 1 aliphatic heterocycles. The summed E-state index contributed by atoms with van der Waals surface area (Å²) in [6.45, 7) is 4.30. The summed E-state index contributed by atoms with van der Waals surface area (Å²) in [5.74, 6) is 0. The third-order valence-electron chi connectivity index (χ3n) is 3.18. The number of carboxylic acid groups (broad SMARTS) is 1. The van der Waals surface area contributed by atoms with Crippen LogP contribution in [0.25, 0.3) is 0 Å². The molecule has 1 heterocycles. The van der Waals surface area contributed by atoms with Crippen molar-refractivity contribution in [3.63, 3.8) is 0 Å². The van der Waals surface area contributed by atoms with Gasteiger partial charge in [-0.1, -0.05) is 0 Å². The lowest BCUT2D eigenvalue weighted by molar-refractivity contribution is 0.0392. The lowest BCUT2D eigenvalue weighted by Gasteiger charge is -2.29. The van der Waals surface area contributed by atoms with Crippen LogP contribution in [0.1, 0.15) is 0 Å². The molecule has 3 N–H and O–H groups in total. The Labute approximate surface area is 112 Å². The summed E-state index contributed by atoms with van der Waals surface area (Å²) in [7, 11) is 0. The third kappa shape index (κ3) is 3.84. The first-order chi connectivity index (χ1) is 9.16. The highest BCUT2D eigenvalue weighted by Crippen LogP contribution is 2.16. The Morgan fingerprint density at radius 3 is 2.53 bits per heavy atom. The average Bonchev–Trinajstić information content (AvgIpc) is 2.42. The molecule has 19 heavy (non-hydrogen) atoms. The number of rotatable bonds is 4. The summed E-state index contributed by atoms with van der Waals surface area (Å²) in [5.41, 5.74) is 6.88. The Balaban J connectivity index is 1.96. The van der Waals surface area contributed by atoms with Gasteiger partial charge in [-0.25, -0.2) is 4.79 Å². The first-order valence-electron chi connectivity index (χ1n) is 6.33. The maximum absolute atomic E-state index is 11.3. The molecule has 0 unspecified atom stereocenters. The zero-order valence-corrected chi connectivity index (χ0v) is 10.8. The minimum Gasteiger partial charge on any atom is -0.465 e. The van der Waals surface area contributed by atoms with Crippen molar-refractivity contribution in [2.75, 3.05) is 50.0 Å². The van der Waals surface area contributed by atoms with Crippen LogP contribution in [0.15, 0.2) is 24.3 Å². The van der Waals surface area contributed by atoms with Crippen molar-refractivity contribution in [1.29, 1.82) is 0 Å². The monoisotopic (exact) mass is 265 g/mol. The molecule has 1 aliphatic rings. The van der Waals surface area contributed by atoms with Crippen LogP contribution in [0.4, 0.5) is 16.2 Å². The van der Waals surface area contributed by atoms with Crippen LogP contribution in [0.2, 0.25) is 0 Å². The zero-order valence-electron chi connectivity index (χ0n) is 10.8. The van der Waals surface area contributed by atoms with Crippen LogP contribution in [-0.2, 0) is 4.74 Å². The molecule has 0 bridgehead atoms. The van der Waals surface area contributed by atoms with E-state index in [0.717, 1.165) is 26.3 Å². The fraction of sp³-hybridized carbons (Fsp3) is 0.462. The molecule has 0 radical (unpaired) electrons. The number of ether oxygens (including phenoxy) is 1. The number of nitrogen functional groups attached to an aromatic ring is 1. The van der Waals surface area contributed by atoms with E-state index in [4.69, 9.17) is 10.5 Å².